The predicted molar refractivity (Wildman–Crippen MR) is 83.1 cm³/mol. The van der Waals surface area contributed by atoms with Crippen LogP contribution in [0.3, 0.4) is 0 Å². The van der Waals surface area contributed by atoms with Gasteiger partial charge in [0.25, 0.3) is 11.1 Å². The van der Waals surface area contributed by atoms with Gasteiger partial charge in [-0.15, -0.1) is 0 Å². The maximum Gasteiger partial charge on any atom is 0.298 e. The fourth-order valence-corrected chi connectivity index (χ4v) is 2.94. The number of hydrogen-bond donors (Lipinski definition) is 0. The summed E-state index contributed by atoms with van der Waals surface area (Å²) < 4.78 is 5.42. The standard InChI is InChI=1S/C16H13NO3S/c1-10-4-3-5-12(8-10)17-15(18)14(21-16(17)19)9-13-7-6-11(2)20-13/h3-9H,1-2H3/b14-9+. The van der Waals surface area contributed by atoms with Gasteiger partial charge >= 0.3 is 0 Å². The molecule has 106 valence electrons. The smallest absolute Gasteiger partial charge is 0.298 e. The van der Waals surface area contributed by atoms with Crippen molar-refractivity contribution < 1.29 is 14.0 Å². The summed E-state index contributed by atoms with van der Waals surface area (Å²) in [6.07, 6.45) is 1.60. The van der Waals surface area contributed by atoms with Crippen molar-refractivity contribution in [1.29, 1.82) is 0 Å². The van der Waals surface area contributed by atoms with E-state index in [-0.39, 0.29) is 11.1 Å². The van der Waals surface area contributed by atoms with Crippen LogP contribution in [0.25, 0.3) is 6.08 Å². The number of imide groups is 1. The normalized spacial score (nSPS) is 17.0. The lowest BCUT2D eigenvalue weighted by atomic mass is 10.2. The minimum Gasteiger partial charge on any atom is -0.462 e. The molecule has 0 unspecified atom stereocenters. The summed E-state index contributed by atoms with van der Waals surface area (Å²) in [6, 6.07) is 10.9. The number of carbonyl (C=O) groups is 2. The van der Waals surface area contributed by atoms with E-state index in [0.29, 0.717) is 16.4 Å². The first-order chi connectivity index (χ1) is 10.0. The van der Waals surface area contributed by atoms with Gasteiger partial charge in [0.15, 0.2) is 0 Å². The molecule has 21 heavy (non-hydrogen) atoms. The lowest BCUT2D eigenvalue weighted by molar-refractivity contribution is -0.113. The Hall–Kier alpha value is -2.27. The molecule has 5 heteroatoms. The molecule has 1 aromatic heterocycles. The van der Waals surface area contributed by atoms with Crippen molar-refractivity contribution >= 4 is 34.7 Å². The maximum atomic E-state index is 12.4. The number of anilines is 1. The maximum absolute atomic E-state index is 12.4. The van der Waals surface area contributed by atoms with Gasteiger partial charge in [-0.1, -0.05) is 12.1 Å². The Balaban J connectivity index is 1.94. The van der Waals surface area contributed by atoms with Gasteiger partial charge in [-0.05, 0) is 55.4 Å². The number of furan rings is 1. The minimum atomic E-state index is -0.315. The number of aryl methyl sites for hydroxylation is 2. The van der Waals surface area contributed by atoms with Crippen LogP contribution in [0.1, 0.15) is 17.1 Å². The van der Waals surface area contributed by atoms with Gasteiger partial charge in [0.05, 0.1) is 10.6 Å². The highest BCUT2D eigenvalue weighted by molar-refractivity contribution is 8.19. The van der Waals surface area contributed by atoms with Crippen molar-refractivity contribution in [2.75, 3.05) is 4.90 Å². The van der Waals surface area contributed by atoms with Gasteiger partial charge in [-0.2, -0.15) is 0 Å². The van der Waals surface area contributed by atoms with E-state index in [1.807, 2.05) is 38.1 Å². The topological polar surface area (TPSA) is 50.5 Å². The first-order valence-electron chi connectivity index (χ1n) is 6.45. The number of rotatable bonds is 2. The SMILES string of the molecule is Cc1cccc(N2C(=O)S/C(=C/c3ccc(C)o3)C2=O)c1. The molecule has 4 nitrogen and oxygen atoms in total. The molecular weight excluding hydrogens is 286 g/mol. The number of nitrogens with zero attached hydrogens (tertiary/aromatic N) is 1. The summed E-state index contributed by atoms with van der Waals surface area (Å²) in [6.45, 7) is 3.75. The lowest BCUT2D eigenvalue weighted by Crippen LogP contribution is -2.27. The molecule has 1 aliphatic rings. The van der Waals surface area contributed by atoms with Gasteiger partial charge in [-0.25, -0.2) is 4.90 Å². The van der Waals surface area contributed by atoms with E-state index in [1.165, 1.54) is 4.90 Å². The zero-order valence-electron chi connectivity index (χ0n) is 11.6. The minimum absolute atomic E-state index is 0.292. The Kier molecular flexibility index (Phi) is 3.43. The van der Waals surface area contributed by atoms with Crippen molar-refractivity contribution in [1.82, 2.24) is 0 Å². The van der Waals surface area contributed by atoms with Gasteiger partial charge < -0.3 is 4.42 Å². The molecule has 0 N–H and O–H groups in total. The van der Waals surface area contributed by atoms with E-state index in [4.69, 9.17) is 4.42 Å². The predicted octanol–water partition coefficient (Wildman–Crippen LogP) is 4.14. The summed E-state index contributed by atoms with van der Waals surface area (Å²) >= 11 is 0.925. The number of carbonyl (C=O) groups excluding carboxylic acids is 2. The first-order valence-corrected chi connectivity index (χ1v) is 7.27. The van der Waals surface area contributed by atoms with E-state index >= 15 is 0 Å². The zero-order chi connectivity index (χ0) is 15.0. The molecule has 0 saturated carbocycles. The van der Waals surface area contributed by atoms with Crippen molar-refractivity contribution in [2.45, 2.75) is 13.8 Å². The van der Waals surface area contributed by atoms with Crippen LogP contribution >= 0.6 is 11.8 Å². The monoisotopic (exact) mass is 299 g/mol. The molecule has 0 radical (unpaired) electrons. The third-order valence-corrected chi connectivity index (χ3v) is 3.96. The molecule has 2 heterocycles. The van der Waals surface area contributed by atoms with Crippen molar-refractivity contribution in [2.24, 2.45) is 0 Å². The summed E-state index contributed by atoms with van der Waals surface area (Å²) in [5.74, 6) is 1.02. The van der Waals surface area contributed by atoms with E-state index in [9.17, 15) is 9.59 Å². The number of benzene rings is 1. The van der Waals surface area contributed by atoms with Crippen LogP contribution in [0.15, 0.2) is 45.7 Å². The van der Waals surface area contributed by atoms with Crippen LogP contribution in [-0.4, -0.2) is 11.1 Å². The summed E-state index contributed by atoms with van der Waals surface area (Å²) in [4.78, 5) is 26.1. The van der Waals surface area contributed by atoms with Crippen LogP contribution in [0, 0.1) is 13.8 Å². The highest BCUT2D eigenvalue weighted by Gasteiger charge is 2.36. The molecule has 1 saturated heterocycles. The Morgan fingerprint density at radius 1 is 1.14 bits per heavy atom. The van der Waals surface area contributed by atoms with Gasteiger partial charge in [0, 0.05) is 6.08 Å². The molecule has 1 aromatic carbocycles. The molecule has 2 amide bonds. The largest absolute Gasteiger partial charge is 0.462 e. The van der Waals surface area contributed by atoms with E-state index < -0.39 is 0 Å². The van der Waals surface area contributed by atoms with E-state index in [2.05, 4.69) is 0 Å². The average Bonchev–Trinajstić information content (AvgIpc) is 2.94. The molecule has 0 spiro atoms. The number of amides is 2. The highest BCUT2D eigenvalue weighted by atomic mass is 32.2. The average molecular weight is 299 g/mol. The number of thioether (sulfide) groups is 1. The molecule has 0 atom stereocenters. The lowest BCUT2D eigenvalue weighted by Gasteiger charge is -2.12. The Morgan fingerprint density at radius 3 is 2.62 bits per heavy atom. The quantitative estimate of drug-likeness (QED) is 0.782. The Bertz CT molecular complexity index is 760. The summed E-state index contributed by atoms with van der Waals surface area (Å²) in [5.41, 5.74) is 1.59. The molecule has 0 bridgehead atoms. The van der Waals surface area contributed by atoms with Crippen LogP contribution in [0.5, 0.6) is 0 Å². The van der Waals surface area contributed by atoms with Crippen LogP contribution in [0.2, 0.25) is 0 Å². The second-order valence-corrected chi connectivity index (χ2v) is 5.80. The Labute approximate surface area is 126 Å². The molecular formula is C16H13NO3S. The third kappa shape index (κ3) is 2.64. The molecule has 1 aliphatic heterocycles. The second-order valence-electron chi connectivity index (χ2n) is 4.80. The van der Waals surface area contributed by atoms with Gasteiger partial charge in [0.2, 0.25) is 0 Å². The van der Waals surface area contributed by atoms with Gasteiger partial charge in [-0.3, -0.25) is 9.59 Å². The fraction of sp³-hybridized carbons (Fsp3) is 0.125. The van der Waals surface area contributed by atoms with Crippen molar-refractivity contribution in [3.63, 3.8) is 0 Å². The zero-order valence-corrected chi connectivity index (χ0v) is 12.4. The van der Waals surface area contributed by atoms with E-state index in [1.54, 1.807) is 18.2 Å². The van der Waals surface area contributed by atoms with Crippen LogP contribution < -0.4 is 4.90 Å². The van der Waals surface area contributed by atoms with Crippen molar-refractivity contribution in [3.8, 4) is 0 Å². The van der Waals surface area contributed by atoms with Crippen LogP contribution in [0.4, 0.5) is 10.5 Å². The summed E-state index contributed by atoms with van der Waals surface area (Å²) in [5, 5.41) is -0.292. The molecule has 3 rings (SSSR count). The Morgan fingerprint density at radius 2 is 1.95 bits per heavy atom. The highest BCUT2D eigenvalue weighted by Crippen LogP contribution is 2.36. The molecule has 0 aliphatic carbocycles. The number of hydrogen-bond acceptors (Lipinski definition) is 4. The van der Waals surface area contributed by atoms with E-state index in [0.717, 1.165) is 23.1 Å². The van der Waals surface area contributed by atoms with Crippen LogP contribution in [-0.2, 0) is 4.79 Å². The van der Waals surface area contributed by atoms with Crippen molar-refractivity contribution in [3.05, 3.63) is 58.4 Å². The van der Waals surface area contributed by atoms with Gasteiger partial charge in [0.1, 0.15) is 11.5 Å². The first kappa shape index (κ1) is 13.7. The summed E-state index contributed by atoms with van der Waals surface area (Å²) in [7, 11) is 0. The fourth-order valence-electron chi connectivity index (χ4n) is 2.12. The third-order valence-electron chi connectivity index (χ3n) is 3.09. The second kappa shape index (κ2) is 5.26. The molecule has 1 fully saturated rings. The molecule has 2 aromatic rings.